The van der Waals surface area contributed by atoms with Crippen molar-refractivity contribution in [2.24, 2.45) is 0 Å². The first-order valence-electron chi connectivity index (χ1n) is 6.79. The van der Waals surface area contributed by atoms with Crippen molar-refractivity contribution in [3.8, 4) is 5.75 Å². The Morgan fingerprint density at radius 3 is 2.95 bits per heavy atom. The first-order valence-corrected chi connectivity index (χ1v) is 8.68. The zero-order valence-electron chi connectivity index (χ0n) is 12.0. The van der Waals surface area contributed by atoms with Crippen LogP contribution in [0.2, 0.25) is 0 Å². The van der Waals surface area contributed by atoms with Gasteiger partial charge in [0.2, 0.25) is 10.0 Å². The van der Waals surface area contributed by atoms with Crippen LogP contribution in [0.1, 0.15) is 18.4 Å². The van der Waals surface area contributed by atoms with Crippen LogP contribution in [-0.2, 0) is 16.6 Å². The van der Waals surface area contributed by atoms with E-state index < -0.39 is 10.0 Å². The molecule has 1 aliphatic heterocycles. The fraction of sp³-hybridized carbons (Fsp3) is 0.571. The fourth-order valence-corrected chi connectivity index (χ4v) is 3.42. The van der Waals surface area contributed by atoms with E-state index in [0.717, 1.165) is 38.2 Å². The maximum absolute atomic E-state index is 11.3. The average molecular weight is 298 g/mol. The lowest BCUT2D eigenvalue weighted by molar-refractivity contribution is 0.194. The summed E-state index contributed by atoms with van der Waals surface area (Å²) in [6, 6.07) is 8.01. The molecular weight excluding hydrogens is 276 g/mol. The molecule has 0 radical (unpaired) electrons. The van der Waals surface area contributed by atoms with Crippen molar-refractivity contribution >= 4 is 10.0 Å². The van der Waals surface area contributed by atoms with Crippen molar-refractivity contribution < 1.29 is 13.2 Å². The van der Waals surface area contributed by atoms with Gasteiger partial charge in [-0.1, -0.05) is 12.1 Å². The van der Waals surface area contributed by atoms with Gasteiger partial charge in [0.15, 0.2) is 0 Å². The Labute approximate surface area is 121 Å². The first kappa shape index (κ1) is 15.3. The molecule has 1 unspecified atom stereocenters. The predicted octanol–water partition coefficient (Wildman–Crippen LogP) is 1.21. The lowest BCUT2D eigenvalue weighted by Crippen LogP contribution is -2.46. The third-order valence-electron chi connectivity index (χ3n) is 3.43. The summed E-state index contributed by atoms with van der Waals surface area (Å²) in [5.41, 5.74) is 1.18. The van der Waals surface area contributed by atoms with Crippen molar-refractivity contribution in [1.29, 1.82) is 0 Å². The van der Waals surface area contributed by atoms with E-state index in [4.69, 9.17) is 4.74 Å². The van der Waals surface area contributed by atoms with Crippen LogP contribution in [0.3, 0.4) is 0 Å². The molecular formula is C14H22N2O3S. The second-order valence-corrected chi connectivity index (χ2v) is 7.10. The number of sulfonamides is 1. The summed E-state index contributed by atoms with van der Waals surface area (Å²) >= 11 is 0. The zero-order chi connectivity index (χ0) is 14.6. The van der Waals surface area contributed by atoms with Crippen LogP contribution < -0.4 is 9.46 Å². The molecule has 1 saturated heterocycles. The summed E-state index contributed by atoms with van der Waals surface area (Å²) in [5.74, 6) is 0.852. The van der Waals surface area contributed by atoms with Gasteiger partial charge in [0.1, 0.15) is 5.75 Å². The quantitative estimate of drug-likeness (QED) is 0.887. The number of ether oxygens (including phenoxy) is 1. The maximum atomic E-state index is 11.3. The molecule has 1 aliphatic rings. The minimum Gasteiger partial charge on any atom is -0.497 e. The number of rotatable bonds is 5. The Bertz CT molecular complexity index is 545. The van der Waals surface area contributed by atoms with Crippen LogP contribution in [0, 0.1) is 0 Å². The van der Waals surface area contributed by atoms with Crippen LogP contribution in [0.25, 0.3) is 0 Å². The molecule has 0 saturated carbocycles. The summed E-state index contributed by atoms with van der Waals surface area (Å²) in [6.45, 7) is 2.57. The van der Waals surface area contributed by atoms with Crippen LogP contribution in [0.5, 0.6) is 5.75 Å². The number of nitrogens with zero attached hydrogens (tertiary/aromatic N) is 1. The van der Waals surface area contributed by atoms with Gasteiger partial charge in [-0.15, -0.1) is 0 Å². The summed E-state index contributed by atoms with van der Waals surface area (Å²) in [6.07, 6.45) is 3.13. The third kappa shape index (κ3) is 4.77. The second-order valence-electron chi connectivity index (χ2n) is 5.32. The molecule has 0 amide bonds. The van der Waals surface area contributed by atoms with Crippen LogP contribution in [0.4, 0.5) is 0 Å². The van der Waals surface area contributed by atoms with Gasteiger partial charge in [-0.05, 0) is 37.1 Å². The van der Waals surface area contributed by atoms with Gasteiger partial charge in [-0.2, -0.15) is 0 Å². The minimum atomic E-state index is -3.13. The molecule has 20 heavy (non-hydrogen) atoms. The van der Waals surface area contributed by atoms with Crippen molar-refractivity contribution in [3.05, 3.63) is 29.8 Å². The highest BCUT2D eigenvalue weighted by molar-refractivity contribution is 7.88. The number of benzene rings is 1. The summed E-state index contributed by atoms with van der Waals surface area (Å²) in [4.78, 5) is 2.28. The summed E-state index contributed by atoms with van der Waals surface area (Å²) in [5, 5.41) is 0. The smallest absolute Gasteiger partial charge is 0.208 e. The molecule has 0 spiro atoms. The van der Waals surface area contributed by atoms with Gasteiger partial charge >= 0.3 is 0 Å². The molecule has 112 valence electrons. The number of likely N-dealkylation sites (tertiary alicyclic amines) is 1. The van der Waals surface area contributed by atoms with Crippen molar-refractivity contribution in [2.75, 3.05) is 26.5 Å². The Morgan fingerprint density at radius 2 is 2.25 bits per heavy atom. The second kappa shape index (κ2) is 6.56. The van der Waals surface area contributed by atoms with Crippen LogP contribution >= 0.6 is 0 Å². The number of nitrogens with one attached hydrogen (secondary N) is 1. The highest BCUT2D eigenvalue weighted by Crippen LogP contribution is 2.17. The lowest BCUT2D eigenvalue weighted by atomic mass is 10.1. The van der Waals surface area contributed by atoms with Crippen molar-refractivity contribution in [2.45, 2.75) is 25.4 Å². The van der Waals surface area contributed by atoms with Crippen molar-refractivity contribution in [1.82, 2.24) is 9.62 Å². The molecule has 1 fully saturated rings. The molecule has 6 heteroatoms. The van der Waals surface area contributed by atoms with E-state index in [1.165, 1.54) is 11.8 Å². The minimum absolute atomic E-state index is 0.0179. The van der Waals surface area contributed by atoms with E-state index in [2.05, 4.69) is 15.7 Å². The molecule has 0 aromatic heterocycles. The molecule has 1 aromatic carbocycles. The lowest BCUT2D eigenvalue weighted by Gasteiger charge is -2.32. The Balaban J connectivity index is 1.95. The largest absolute Gasteiger partial charge is 0.497 e. The van der Waals surface area contributed by atoms with E-state index in [1.807, 2.05) is 18.2 Å². The Hall–Kier alpha value is -1.11. The molecule has 1 N–H and O–H groups in total. The highest BCUT2D eigenvalue weighted by atomic mass is 32.2. The number of hydrogen-bond donors (Lipinski definition) is 1. The Kier molecular flexibility index (Phi) is 5.01. The number of methoxy groups -OCH3 is 1. The van der Waals surface area contributed by atoms with Gasteiger partial charge in [0, 0.05) is 19.1 Å². The average Bonchev–Trinajstić information content (AvgIpc) is 2.37. The molecule has 1 aromatic rings. The normalized spacial score (nSPS) is 20.8. The van der Waals surface area contributed by atoms with Crippen LogP contribution in [0.15, 0.2) is 24.3 Å². The van der Waals surface area contributed by atoms with E-state index in [9.17, 15) is 8.42 Å². The van der Waals surface area contributed by atoms with Gasteiger partial charge in [0.05, 0.1) is 13.4 Å². The van der Waals surface area contributed by atoms with Gasteiger partial charge < -0.3 is 4.74 Å². The molecule has 0 aliphatic carbocycles. The summed E-state index contributed by atoms with van der Waals surface area (Å²) < 4.78 is 30.5. The Morgan fingerprint density at radius 1 is 1.45 bits per heavy atom. The first-order chi connectivity index (χ1) is 9.46. The van der Waals surface area contributed by atoms with E-state index in [-0.39, 0.29) is 6.04 Å². The molecule has 0 bridgehead atoms. The highest BCUT2D eigenvalue weighted by Gasteiger charge is 2.22. The van der Waals surface area contributed by atoms with Gasteiger partial charge in [-0.25, -0.2) is 13.1 Å². The van der Waals surface area contributed by atoms with E-state index in [0.29, 0.717) is 0 Å². The number of piperidine rings is 1. The van der Waals surface area contributed by atoms with Gasteiger partial charge in [-0.3, -0.25) is 4.90 Å². The topological polar surface area (TPSA) is 58.6 Å². The molecule has 1 heterocycles. The predicted molar refractivity (Wildman–Crippen MR) is 79.3 cm³/mol. The monoisotopic (exact) mass is 298 g/mol. The van der Waals surface area contributed by atoms with Gasteiger partial charge in [0.25, 0.3) is 0 Å². The van der Waals surface area contributed by atoms with E-state index in [1.54, 1.807) is 7.11 Å². The fourth-order valence-electron chi connectivity index (χ4n) is 2.63. The molecule has 1 atom stereocenters. The standard InChI is InChI=1S/C14H22N2O3S/c1-19-14-7-3-5-12(9-14)10-16-8-4-6-13(11-16)15-20(2,17)18/h3,5,7,9,13,15H,4,6,8,10-11H2,1-2H3. The van der Waals surface area contributed by atoms with E-state index >= 15 is 0 Å². The van der Waals surface area contributed by atoms with Crippen LogP contribution in [-0.4, -0.2) is 45.8 Å². The molecule has 2 rings (SSSR count). The SMILES string of the molecule is COc1cccc(CN2CCCC(NS(C)(=O)=O)C2)c1. The van der Waals surface area contributed by atoms with Crippen molar-refractivity contribution in [3.63, 3.8) is 0 Å². The zero-order valence-corrected chi connectivity index (χ0v) is 12.8. The molecule has 5 nitrogen and oxygen atoms in total. The maximum Gasteiger partial charge on any atom is 0.208 e. The summed E-state index contributed by atoms with van der Waals surface area (Å²) in [7, 11) is -1.47. The third-order valence-corrected chi connectivity index (χ3v) is 4.19. The number of hydrogen-bond acceptors (Lipinski definition) is 4.